The first-order valence-electron chi connectivity index (χ1n) is 34.2. The monoisotopic (exact) mass is 1250 g/mol. The predicted molar refractivity (Wildman–Crippen MR) is 340 cm³/mol. The zero-order chi connectivity index (χ0) is 63.2. The molecule has 85 heavy (non-hydrogen) atoms. The molecule has 0 heterocycles. The average molecular weight is 1260 g/mol. The van der Waals surface area contributed by atoms with Crippen molar-refractivity contribution in [1.82, 2.24) is 0 Å². The molecule has 0 aromatic heterocycles. The molecular weight excluding hydrogens is 1130 g/mol. The number of unbranched alkanes of at least 4 members (excludes halogenated alkanes) is 28. The molecule has 0 aromatic rings. The Morgan fingerprint density at radius 2 is 0.565 bits per heavy atom. The number of hydrogen-bond acceptors (Lipinski definition) is 15. The highest BCUT2D eigenvalue weighted by Crippen LogP contribution is 2.45. The van der Waals surface area contributed by atoms with Gasteiger partial charge in [0, 0.05) is 25.7 Å². The summed E-state index contributed by atoms with van der Waals surface area (Å²) >= 11 is 0. The van der Waals surface area contributed by atoms with Crippen molar-refractivity contribution in [3.8, 4) is 0 Å². The Bertz CT molecular complexity index is 1700. The number of hydrogen-bond donors (Lipinski definition) is 3. The summed E-state index contributed by atoms with van der Waals surface area (Å²) in [6, 6.07) is 0. The van der Waals surface area contributed by atoms with Gasteiger partial charge in [0.05, 0.1) is 26.4 Å². The van der Waals surface area contributed by atoms with Crippen molar-refractivity contribution in [3.05, 3.63) is 0 Å². The lowest BCUT2D eigenvalue weighted by Crippen LogP contribution is -2.30. The van der Waals surface area contributed by atoms with Crippen LogP contribution in [0.3, 0.4) is 0 Å². The third kappa shape index (κ3) is 59.5. The number of ether oxygens (including phenoxy) is 4. The van der Waals surface area contributed by atoms with E-state index in [1.807, 2.05) is 0 Å². The lowest BCUT2D eigenvalue weighted by atomic mass is 10.00. The number of aliphatic hydroxyl groups excluding tert-OH is 1. The van der Waals surface area contributed by atoms with E-state index in [4.69, 9.17) is 37.0 Å². The van der Waals surface area contributed by atoms with E-state index in [0.29, 0.717) is 37.5 Å². The summed E-state index contributed by atoms with van der Waals surface area (Å²) in [5.74, 6) is 0.743. The molecule has 0 spiro atoms. The third-order valence-electron chi connectivity index (χ3n) is 15.4. The van der Waals surface area contributed by atoms with Crippen molar-refractivity contribution in [2.45, 2.75) is 337 Å². The summed E-state index contributed by atoms with van der Waals surface area (Å²) in [7, 11) is -9.89. The molecule has 0 aromatic carbocycles. The quantitative estimate of drug-likeness (QED) is 0.0222. The lowest BCUT2D eigenvalue weighted by molar-refractivity contribution is -0.161. The second kappa shape index (κ2) is 56.1. The second-order valence-electron chi connectivity index (χ2n) is 25.5. The van der Waals surface area contributed by atoms with Crippen molar-refractivity contribution in [1.29, 1.82) is 0 Å². The van der Waals surface area contributed by atoms with Crippen molar-refractivity contribution < 1.29 is 80.2 Å². The summed E-state index contributed by atoms with van der Waals surface area (Å²) in [5, 5.41) is 10.5. The maximum atomic E-state index is 13.0. The van der Waals surface area contributed by atoms with E-state index in [-0.39, 0.29) is 25.7 Å². The van der Waals surface area contributed by atoms with Crippen molar-refractivity contribution in [2.75, 3.05) is 39.6 Å². The fraction of sp³-hybridized carbons (Fsp3) is 0.939. The molecule has 0 aliphatic rings. The Kier molecular flexibility index (Phi) is 54.8. The summed E-state index contributed by atoms with van der Waals surface area (Å²) in [6.45, 7) is 13.9. The van der Waals surface area contributed by atoms with E-state index in [9.17, 15) is 43.2 Å². The topological polar surface area (TPSA) is 237 Å². The van der Waals surface area contributed by atoms with Crippen molar-refractivity contribution >= 4 is 39.5 Å². The van der Waals surface area contributed by atoms with E-state index < -0.39 is 97.5 Å². The maximum Gasteiger partial charge on any atom is 0.472 e. The van der Waals surface area contributed by atoms with E-state index >= 15 is 0 Å². The number of rotatable bonds is 63. The Morgan fingerprint density at radius 1 is 0.329 bits per heavy atom. The maximum absolute atomic E-state index is 13.0. The molecule has 17 nitrogen and oxygen atoms in total. The van der Waals surface area contributed by atoms with Crippen LogP contribution in [0.15, 0.2) is 0 Å². The molecule has 0 aliphatic carbocycles. The number of phosphoric acid groups is 2. The van der Waals surface area contributed by atoms with Crippen LogP contribution in [-0.4, -0.2) is 96.7 Å². The summed E-state index contributed by atoms with van der Waals surface area (Å²) in [5.41, 5.74) is 0. The highest BCUT2D eigenvalue weighted by molar-refractivity contribution is 7.47. The van der Waals surface area contributed by atoms with Gasteiger partial charge >= 0.3 is 39.5 Å². The molecule has 0 aliphatic heterocycles. The smallest absolute Gasteiger partial charge is 0.462 e. The molecular formula is C66H128O17P2. The Hall–Kier alpha value is -1.94. The largest absolute Gasteiger partial charge is 0.472 e. The van der Waals surface area contributed by atoms with Crippen LogP contribution in [0.2, 0.25) is 0 Å². The van der Waals surface area contributed by atoms with E-state index in [2.05, 4.69) is 55.4 Å². The fourth-order valence-electron chi connectivity index (χ4n) is 9.75. The molecule has 0 saturated carbocycles. The molecule has 3 N–H and O–H groups in total. The van der Waals surface area contributed by atoms with Gasteiger partial charge in [-0.25, -0.2) is 9.13 Å². The minimum atomic E-state index is -4.95. The van der Waals surface area contributed by atoms with E-state index in [0.717, 1.165) is 108 Å². The number of phosphoric ester groups is 2. The lowest BCUT2D eigenvalue weighted by Gasteiger charge is -2.21. The second-order valence-corrected chi connectivity index (χ2v) is 28.4. The SMILES string of the molecule is CCC(C)CCCCCCCCC(=O)O[C@H](COC(=O)CCCCCCCCCC(C)C)COP(=O)(O)OCC(O)COP(=O)(O)OC[C@@H](COC(=O)CCCCCCCCCCCCCCCC(C)C)OC(=O)CCCCCCCCC(C)C. The average Bonchev–Trinajstić information content (AvgIpc) is 3.48. The first kappa shape index (κ1) is 83.1. The fourth-order valence-corrected chi connectivity index (χ4v) is 11.3. The minimum Gasteiger partial charge on any atom is -0.462 e. The highest BCUT2D eigenvalue weighted by Gasteiger charge is 2.30. The van der Waals surface area contributed by atoms with Gasteiger partial charge in [0.2, 0.25) is 0 Å². The third-order valence-corrected chi connectivity index (χ3v) is 17.3. The molecule has 504 valence electrons. The van der Waals surface area contributed by atoms with Gasteiger partial charge in [-0.2, -0.15) is 0 Å². The van der Waals surface area contributed by atoms with Crippen LogP contribution >= 0.6 is 15.6 Å². The van der Waals surface area contributed by atoms with Gasteiger partial charge in [-0.3, -0.25) is 37.3 Å². The van der Waals surface area contributed by atoms with Crippen LogP contribution in [0, 0.1) is 23.7 Å². The standard InChI is InChI=1S/C66H128O17P2/c1-9-59(8)45-37-29-23-25-33-41-49-66(71)83-62(53-77-64(69)47-39-31-21-17-19-27-35-43-57(4)5)55-81-85(74,75)79-51-60(67)50-78-84(72,73)80-54-61(82-65(70)48-40-32-24-22-28-36-44-58(6)7)52-76-63(68)46-38-30-20-16-14-12-10-11-13-15-18-26-34-42-56(2)3/h56-62,67H,9-55H2,1-8H3,(H,72,73)(H,74,75)/t59?,60?,61-,62-/m1/s1. The number of esters is 4. The van der Waals surface area contributed by atoms with Crippen LogP contribution in [-0.2, 0) is 65.4 Å². The van der Waals surface area contributed by atoms with Gasteiger partial charge in [0.15, 0.2) is 12.2 Å². The summed E-state index contributed by atoms with van der Waals surface area (Å²) in [4.78, 5) is 72.2. The van der Waals surface area contributed by atoms with Gasteiger partial charge in [0.25, 0.3) is 0 Å². The molecule has 0 radical (unpaired) electrons. The molecule has 0 rings (SSSR count). The number of aliphatic hydroxyl groups is 1. The highest BCUT2D eigenvalue weighted by atomic mass is 31.2. The number of carbonyl (C=O) groups excluding carboxylic acids is 4. The van der Waals surface area contributed by atoms with Crippen molar-refractivity contribution in [2.24, 2.45) is 23.7 Å². The molecule has 0 saturated heterocycles. The van der Waals surface area contributed by atoms with Gasteiger partial charge in [-0.1, -0.05) is 267 Å². The first-order chi connectivity index (χ1) is 40.6. The van der Waals surface area contributed by atoms with Gasteiger partial charge in [0.1, 0.15) is 19.3 Å². The Balaban J connectivity index is 5.20. The normalized spacial score (nSPS) is 14.7. The molecule has 6 atom stereocenters. The van der Waals surface area contributed by atoms with Crippen LogP contribution in [0.5, 0.6) is 0 Å². The Labute approximate surface area is 517 Å². The van der Waals surface area contributed by atoms with Crippen molar-refractivity contribution in [3.63, 3.8) is 0 Å². The van der Waals surface area contributed by atoms with Crippen LogP contribution in [0.1, 0.15) is 319 Å². The van der Waals surface area contributed by atoms with Crippen LogP contribution in [0.25, 0.3) is 0 Å². The van der Waals surface area contributed by atoms with Crippen LogP contribution in [0.4, 0.5) is 0 Å². The predicted octanol–water partition coefficient (Wildman–Crippen LogP) is 18.1. The van der Waals surface area contributed by atoms with E-state index in [1.54, 1.807) is 0 Å². The van der Waals surface area contributed by atoms with Gasteiger partial charge in [-0.15, -0.1) is 0 Å². The molecule has 4 unspecified atom stereocenters. The molecule has 0 amide bonds. The molecule has 0 fully saturated rings. The number of carbonyl (C=O) groups is 4. The van der Waals surface area contributed by atoms with Crippen LogP contribution < -0.4 is 0 Å². The molecule has 0 bridgehead atoms. The molecule has 19 heteroatoms. The van der Waals surface area contributed by atoms with Gasteiger partial charge in [-0.05, 0) is 49.4 Å². The van der Waals surface area contributed by atoms with Gasteiger partial charge < -0.3 is 33.8 Å². The minimum absolute atomic E-state index is 0.101. The summed E-state index contributed by atoms with van der Waals surface area (Å²) in [6.07, 6.45) is 36.5. The zero-order valence-electron chi connectivity index (χ0n) is 55.2. The first-order valence-corrected chi connectivity index (χ1v) is 37.2. The zero-order valence-corrected chi connectivity index (χ0v) is 57.0. The summed E-state index contributed by atoms with van der Waals surface area (Å²) < 4.78 is 68.0. The van der Waals surface area contributed by atoms with E-state index in [1.165, 1.54) is 116 Å². The Morgan fingerprint density at radius 3 is 0.835 bits per heavy atom.